The van der Waals surface area contributed by atoms with E-state index in [1.165, 1.54) is 30.5 Å². The maximum atomic E-state index is 12.3. The second kappa shape index (κ2) is 10.7. The number of amides is 1. The Kier molecular flexibility index (Phi) is 7.48. The SMILES string of the molecule is Cc1cccc(C)c1OCC(=O)NN=Cc1cccc(OC(=O)c2ccc([N+](=O)[O-])cc2)c1. The molecule has 9 heteroatoms. The minimum atomic E-state index is -0.657. The van der Waals surface area contributed by atoms with E-state index in [1.54, 1.807) is 24.3 Å². The molecule has 1 amide bonds. The van der Waals surface area contributed by atoms with Crippen molar-refractivity contribution in [3.63, 3.8) is 0 Å². The number of rotatable bonds is 8. The topological polar surface area (TPSA) is 120 Å². The number of nitro benzene ring substituents is 1. The van der Waals surface area contributed by atoms with E-state index in [1.807, 2.05) is 32.0 Å². The largest absolute Gasteiger partial charge is 0.483 e. The lowest BCUT2D eigenvalue weighted by Crippen LogP contribution is -2.25. The third kappa shape index (κ3) is 6.47. The van der Waals surface area contributed by atoms with Crippen molar-refractivity contribution in [2.75, 3.05) is 6.61 Å². The van der Waals surface area contributed by atoms with Gasteiger partial charge in [0.25, 0.3) is 11.6 Å². The molecule has 9 nitrogen and oxygen atoms in total. The molecule has 0 saturated heterocycles. The molecule has 0 aliphatic carbocycles. The lowest BCUT2D eigenvalue weighted by Gasteiger charge is -2.10. The maximum Gasteiger partial charge on any atom is 0.343 e. The summed E-state index contributed by atoms with van der Waals surface area (Å²) in [5.74, 6) is -0.156. The molecule has 0 saturated carbocycles. The lowest BCUT2D eigenvalue weighted by molar-refractivity contribution is -0.384. The second-order valence-corrected chi connectivity index (χ2v) is 7.07. The van der Waals surface area contributed by atoms with Gasteiger partial charge in [0.2, 0.25) is 0 Å². The third-order valence-corrected chi connectivity index (χ3v) is 4.54. The Hall–Kier alpha value is -4.53. The minimum absolute atomic E-state index is 0.119. The van der Waals surface area contributed by atoms with E-state index < -0.39 is 16.8 Å². The molecule has 0 heterocycles. The molecule has 0 aromatic heterocycles. The summed E-state index contributed by atoms with van der Waals surface area (Å²) in [5, 5.41) is 14.6. The number of nitro groups is 1. The Morgan fingerprint density at radius 3 is 2.36 bits per heavy atom. The first-order valence-electron chi connectivity index (χ1n) is 9.91. The van der Waals surface area contributed by atoms with Gasteiger partial charge < -0.3 is 9.47 Å². The van der Waals surface area contributed by atoms with Crippen LogP contribution in [0.25, 0.3) is 0 Å². The predicted molar refractivity (Wildman–Crippen MR) is 122 cm³/mol. The number of benzene rings is 3. The fraction of sp³-hybridized carbons (Fsp3) is 0.125. The highest BCUT2D eigenvalue weighted by Crippen LogP contribution is 2.22. The number of hydrogen-bond acceptors (Lipinski definition) is 7. The van der Waals surface area contributed by atoms with Gasteiger partial charge in [-0.25, -0.2) is 10.2 Å². The van der Waals surface area contributed by atoms with Gasteiger partial charge in [0, 0.05) is 12.1 Å². The average molecular weight is 447 g/mol. The Labute approximate surface area is 189 Å². The first-order valence-corrected chi connectivity index (χ1v) is 9.91. The van der Waals surface area contributed by atoms with Gasteiger partial charge in [-0.1, -0.05) is 30.3 Å². The number of ether oxygens (including phenoxy) is 2. The first kappa shape index (κ1) is 23.1. The summed E-state index contributed by atoms with van der Waals surface area (Å²) in [6.07, 6.45) is 1.40. The molecule has 0 atom stereocenters. The van der Waals surface area contributed by atoms with Crippen LogP contribution in [0.2, 0.25) is 0 Å². The number of para-hydroxylation sites is 1. The van der Waals surface area contributed by atoms with Crippen molar-refractivity contribution in [1.82, 2.24) is 5.43 Å². The third-order valence-electron chi connectivity index (χ3n) is 4.54. The van der Waals surface area contributed by atoms with Crippen LogP contribution in [-0.2, 0) is 4.79 Å². The smallest absolute Gasteiger partial charge is 0.343 e. The molecule has 0 aliphatic rings. The van der Waals surface area contributed by atoms with Crippen molar-refractivity contribution in [1.29, 1.82) is 0 Å². The summed E-state index contributed by atoms with van der Waals surface area (Å²) in [4.78, 5) is 34.4. The van der Waals surface area contributed by atoms with Gasteiger partial charge in [-0.15, -0.1) is 0 Å². The van der Waals surface area contributed by atoms with Gasteiger partial charge in [0.1, 0.15) is 11.5 Å². The molecule has 0 radical (unpaired) electrons. The zero-order chi connectivity index (χ0) is 23.8. The minimum Gasteiger partial charge on any atom is -0.483 e. The molecular weight excluding hydrogens is 426 g/mol. The number of non-ortho nitro benzene ring substituents is 1. The van der Waals surface area contributed by atoms with Crippen molar-refractivity contribution in [2.45, 2.75) is 13.8 Å². The Morgan fingerprint density at radius 2 is 1.70 bits per heavy atom. The van der Waals surface area contributed by atoms with Crippen LogP contribution >= 0.6 is 0 Å². The zero-order valence-electron chi connectivity index (χ0n) is 18.0. The predicted octanol–water partition coefficient (Wildman–Crippen LogP) is 3.96. The number of esters is 1. The molecule has 0 unspecified atom stereocenters. The van der Waals surface area contributed by atoms with Gasteiger partial charge in [-0.05, 0) is 54.8 Å². The molecule has 168 valence electrons. The molecule has 1 N–H and O–H groups in total. The fourth-order valence-electron chi connectivity index (χ4n) is 2.92. The van der Waals surface area contributed by atoms with Crippen LogP contribution in [0.15, 0.2) is 71.8 Å². The highest BCUT2D eigenvalue weighted by molar-refractivity contribution is 5.91. The first-order chi connectivity index (χ1) is 15.8. The molecule has 0 fully saturated rings. The molecule has 3 aromatic carbocycles. The number of nitrogens with one attached hydrogen (secondary N) is 1. The molecule has 3 aromatic rings. The number of hydrazone groups is 1. The quantitative estimate of drug-likeness (QED) is 0.183. The molecule has 33 heavy (non-hydrogen) atoms. The molecular formula is C24H21N3O6. The number of hydrogen-bond donors (Lipinski definition) is 1. The van der Waals surface area contributed by atoms with E-state index in [-0.39, 0.29) is 23.6 Å². The van der Waals surface area contributed by atoms with Gasteiger partial charge in [0.05, 0.1) is 16.7 Å². The van der Waals surface area contributed by atoms with Crippen LogP contribution in [0.4, 0.5) is 5.69 Å². The highest BCUT2D eigenvalue weighted by Gasteiger charge is 2.12. The highest BCUT2D eigenvalue weighted by atomic mass is 16.6. The Bertz CT molecular complexity index is 1180. The summed E-state index contributed by atoms with van der Waals surface area (Å²) < 4.78 is 10.9. The summed E-state index contributed by atoms with van der Waals surface area (Å²) in [7, 11) is 0. The van der Waals surface area contributed by atoms with Crippen molar-refractivity contribution in [2.24, 2.45) is 5.10 Å². The lowest BCUT2D eigenvalue weighted by atomic mass is 10.1. The summed E-state index contributed by atoms with van der Waals surface area (Å²) in [6, 6.07) is 17.3. The van der Waals surface area contributed by atoms with Gasteiger partial charge in [-0.2, -0.15) is 5.10 Å². The van der Waals surface area contributed by atoms with Crippen LogP contribution in [0, 0.1) is 24.0 Å². The van der Waals surface area contributed by atoms with Crippen LogP contribution in [-0.4, -0.2) is 29.6 Å². The second-order valence-electron chi connectivity index (χ2n) is 7.07. The Morgan fingerprint density at radius 1 is 1.03 bits per heavy atom. The van der Waals surface area contributed by atoms with E-state index >= 15 is 0 Å². The van der Waals surface area contributed by atoms with Gasteiger partial charge in [-0.3, -0.25) is 14.9 Å². The van der Waals surface area contributed by atoms with E-state index in [0.717, 1.165) is 11.1 Å². The summed E-state index contributed by atoms with van der Waals surface area (Å²) in [6.45, 7) is 3.62. The van der Waals surface area contributed by atoms with E-state index in [9.17, 15) is 19.7 Å². The maximum absolute atomic E-state index is 12.3. The molecule has 3 rings (SSSR count). The number of carbonyl (C=O) groups is 2. The normalized spacial score (nSPS) is 10.6. The standard InChI is InChI=1S/C24H21N3O6/c1-16-5-3-6-17(2)23(16)32-15-22(28)26-25-14-18-7-4-8-21(13-18)33-24(29)19-9-11-20(12-10-19)27(30)31/h3-14H,15H2,1-2H3,(H,26,28). The molecule has 0 aliphatic heterocycles. The van der Waals surface area contributed by atoms with Crippen molar-refractivity contribution >= 4 is 23.8 Å². The van der Waals surface area contributed by atoms with Crippen molar-refractivity contribution in [3.05, 3.63) is 99.1 Å². The Balaban J connectivity index is 1.54. The van der Waals surface area contributed by atoms with Crippen molar-refractivity contribution < 1.29 is 24.0 Å². The zero-order valence-corrected chi connectivity index (χ0v) is 18.0. The number of carbonyl (C=O) groups excluding carboxylic acids is 2. The van der Waals surface area contributed by atoms with Crippen molar-refractivity contribution in [3.8, 4) is 11.5 Å². The summed E-state index contributed by atoms with van der Waals surface area (Å²) in [5.41, 5.74) is 4.90. The van der Waals surface area contributed by atoms with Gasteiger partial charge >= 0.3 is 5.97 Å². The van der Waals surface area contributed by atoms with Crippen LogP contribution in [0.3, 0.4) is 0 Å². The van der Waals surface area contributed by atoms with Gasteiger partial charge in [0.15, 0.2) is 6.61 Å². The number of aryl methyl sites for hydroxylation is 2. The number of nitrogens with zero attached hydrogens (tertiary/aromatic N) is 2. The van der Waals surface area contributed by atoms with E-state index in [2.05, 4.69) is 10.5 Å². The van der Waals surface area contributed by atoms with Crippen LogP contribution < -0.4 is 14.9 Å². The summed E-state index contributed by atoms with van der Waals surface area (Å²) >= 11 is 0. The van der Waals surface area contributed by atoms with E-state index in [0.29, 0.717) is 11.3 Å². The molecule has 0 spiro atoms. The van der Waals surface area contributed by atoms with Crippen LogP contribution in [0.5, 0.6) is 11.5 Å². The fourth-order valence-corrected chi connectivity index (χ4v) is 2.92. The van der Waals surface area contributed by atoms with E-state index in [4.69, 9.17) is 9.47 Å². The van der Waals surface area contributed by atoms with Crippen LogP contribution in [0.1, 0.15) is 27.0 Å². The average Bonchev–Trinajstić information content (AvgIpc) is 2.79. The molecule has 0 bridgehead atoms. The monoisotopic (exact) mass is 447 g/mol.